The first-order valence-electron chi connectivity index (χ1n) is 5.45. The van der Waals surface area contributed by atoms with Crippen molar-refractivity contribution < 1.29 is 13.9 Å². The number of carbonyl (C=O) groups excluding carboxylic acids is 1. The zero-order valence-electron chi connectivity index (χ0n) is 10.1. The summed E-state index contributed by atoms with van der Waals surface area (Å²) in [7, 11) is 1.22. The molecule has 1 heterocycles. The molecule has 0 saturated heterocycles. The molecule has 0 spiro atoms. The van der Waals surface area contributed by atoms with E-state index in [0.717, 1.165) is 4.88 Å². The average Bonchev–Trinajstić information content (AvgIpc) is 2.83. The van der Waals surface area contributed by atoms with Crippen molar-refractivity contribution in [1.29, 1.82) is 0 Å². The van der Waals surface area contributed by atoms with Gasteiger partial charge in [-0.2, -0.15) is 0 Å². The van der Waals surface area contributed by atoms with E-state index in [4.69, 9.17) is 11.6 Å². The molecule has 0 aliphatic carbocycles. The molecule has 0 atom stereocenters. The zero-order chi connectivity index (χ0) is 13.8. The minimum Gasteiger partial charge on any atom is -0.465 e. The molecule has 2 rings (SSSR count). The maximum absolute atomic E-state index is 13.4. The molecular weight excluding hydrogens is 289 g/mol. The molecule has 0 radical (unpaired) electrons. The number of halogens is 2. The van der Waals surface area contributed by atoms with Gasteiger partial charge in [0.2, 0.25) is 0 Å². The van der Waals surface area contributed by atoms with E-state index in [9.17, 15) is 9.18 Å². The fraction of sp³-hybridized carbons (Fsp3) is 0.154. The Hall–Kier alpha value is -1.59. The van der Waals surface area contributed by atoms with Crippen LogP contribution in [0.2, 0.25) is 5.02 Å². The van der Waals surface area contributed by atoms with E-state index < -0.39 is 11.8 Å². The largest absolute Gasteiger partial charge is 0.465 e. The lowest BCUT2D eigenvalue weighted by Crippen LogP contribution is -2.06. The van der Waals surface area contributed by atoms with Crippen LogP contribution in [0.15, 0.2) is 29.6 Å². The number of ether oxygens (including phenoxy) is 1. The number of carbonyl (C=O) groups is 1. The summed E-state index contributed by atoms with van der Waals surface area (Å²) in [5.41, 5.74) is 0.558. The standard InChI is InChI=1S/C13H11ClFNO2S/c1-18-13(17)11-5-9(2-3-12(11)15)16-6-10-4-8(14)7-19-10/h2-5,7,16H,6H2,1H3. The third-order valence-electron chi connectivity index (χ3n) is 2.46. The van der Waals surface area contributed by atoms with E-state index in [2.05, 4.69) is 10.1 Å². The molecule has 0 unspecified atom stereocenters. The Labute approximate surface area is 119 Å². The minimum atomic E-state index is -0.694. The van der Waals surface area contributed by atoms with Crippen LogP contribution < -0.4 is 5.32 Å². The van der Waals surface area contributed by atoms with E-state index in [1.54, 1.807) is 6.07 Å². The summed E-state index contributed by atoms with van der Waals surface area (Å²) in [5.74, 6) is -1.29. The SMILES string of the molecule is COC(=O)c1cc(NCc2cc(Cl)cs2)ccc1F. The lowest BCUT2D eigenvalue weighted by molar-refractivity contribution is 0.0595. The Kier molecular flexibility index (Phi) is 4.39. The second kappa shape index (κ2) is 6.04. The predicted molar refractivity (Wildman–Crippen MR) is 74.4 cm³/mol. The van der Waals surface area contributed by atoms with Crippen molar-refractivity contribution in [1.82, 2.24) is 0 Å². The summed E-state index contributed by atoms with van der Waals surface area (Å²) in [6.45, 7) is 0.559. The van der Waals surface area contributed by atoms with Crippen molar-refractivity contribution >= 4 is 34.6 Å². The van der Waals surface area contributed by atoms with E-state index in [0.29, 0.717) is 17.3 Å². The van der Waals surface area contributed by atoms with Gasteiger partial charge in [-0.15, -0.1) is 11.3 Å². The van der Waals surface area contributed by atoms with Crippen molar-refractivity contribution in [3.63, 3.8) is 0 Å². The molecule has 2 aromatic rings. The summed E-state index contributed by atoms with van der Waals surface area (Å²) < 4.78 is 17.9. The van der Waals surface area contributed by atoms with Gasteiger partial charge in [0, 0.05) is 22.5 Å². The van der Waals surface area contributed by atoms with Crippen LogP contribution in [-0.4, -0.2) is 13.1 Å². The van der Waals surface area contributed by atoms with Crippen LogP contribution in [0.4, 0.5) is 10.1 Å². The topological polar surface area (TPSA) is 38.3 Å². The number of anilines is 1. The van der Waals surface area contributed by atoms with Crippen LogP contribution in [0, 0.1) is 5.82 Å². The Morgan fingerprint density at radius 3 is 2.89 bits per heavy atom. The fourth-order valence-electron chi connectivity index (χ4n) is 1.54. The van der Waals surface area contributed by atoms with E-state index in [1.165, 1.54) is 30.6 Å². The van der Waals surface area contributed by atoms with Gasteiger partial charge < -0.3 is 10.1 Å². The molecule has 6 heteroatoms. The number of hydrogen-bond acceptors (Lipinski definition) is 4. The molecule has 0 aliphatic heterocycles. The number of esters is 1. The first kappa shape index (κ1) is 13.8. The molecule has 19 heavy (non-hydrogen) atoms. The van der Waals surface area contributed by atoms with E-state index in [1.807, 2.05) is 11.4 Å². The Morgan fingerprint density at radius 2 is 2.26 bits per heavy atom. The highest BCUT2D eigenvalue weighted by atomic mass is 35.5. The predicted octanol–water partition coefficient (Wildman–Crippen LogP) is 3.94. The number of hydrogen-bond donors (Lipinski definition) is 1. The highest BCUT2D eigenvalue weighted by Gasteiger charge is 2.12. The molecule has 0 bridgehead atoms. The zero-order valence-corrected chi connectivity index (χ0v) is 11.6. The highest BCUT2D eigenvalue weighted by molar-refractivity contribution is 7.10. The maximum Gasteiger partial charge on any atom is 0.340 e. The monoisotopic (exact) mass is 299 g/mol. The maximum atomic E-state index is 13.4. The Morgan fingerprint density at radius 1 is 1.47 bits per heavy atom. The van der Waals surface area contributed by atoms with Gasteiger partial charge in [0.15, 0.2) is 0 Å². The summed E-state index contributed by atoms with van der Waals surface area (Å²) >= 11 is 7.35. The smallest absolute Gasteiger partial charge is 0.340 e. The lowest BCUT2D eigenvalue weighted by Gasteiger charge is -2.07. The summed E-state index contributed by atoms with van der Waals surface area (Å²) in [5, 5.41) is 5.63. The number of thiophene rings is 1. The molecule has 1 aromatic heterocycles. The number of methoxy groups -OCH3 is 1. The molecule has 0 fully saturated rings. The van der Waals surface area contributed by atoms with Gasteiger partial charge in [-0.1, -0.05) is 11.6 Å². The summed E-state index contributed by atoms with van der Waals surface area (Å²) in [4.78, 5) is 12.4. The first-order valence-corrected chi connectivity index (χ1v) is 6.70. The second-order valence-electron chi connectivity index (χ2n) is 3.77. The van der Waals surface area contributed by atoms with E-state index >= 15 is 0 Å². The first-order chi connectivity index (χ1) is 9.10. The number of benzene rings is 1. The van der Waals surface area contributed by atoms with Crippen LogP contribution in [0.25, 0.3) is 0 Å². The molecule has 0 amide bonds. The van der Waals surface area contributed by atoms with Gasteiger partial charge in [0.1, 0.15) is 5.82 Å². The normalized spacial score (nSPS) is 10.3. The molecule has 0 saturated carbocycles. The fourth-order valence-corrected chi connectivity index (χ4v) is 2.55. The highest BCUT2D eigenvalue weighted by Crippen LogP contribution is 2.21. The average molecular weight is 300 g/mol. The van der Waals surface area contributed by atoms with Gasteiger partial charge in [0.25, 0.3) is 0 Å². The quantitative estimate of drug-likeness (QED) is 0.869. The Balaban J connectivity index is 2.10. The van der Waals surface area contributed by atoms with Crippen molar-refractivity contribution in [2.45, 2.75) is 6.54 Å². The van der Waals surface area contributed by atoms with Crippen LogP contribution in [-0.2, 0) is 11.3 Å². The summed E-state index contributed by atoms with van der Waals surface area (Å²) in [6.07, 6.45) is 0. The van der Waals surface area contributed by atoms with Gasteiger partial charge >= 0.3 is 5.97 Å². The van der Waals surface area contributed by atoms with Crippen molar-refractivity contribution in [2.75, 3.05) is 12.4 Å². The van der Waals surface area contributed by atoms with Crippen molar-refractivity contribution in [3.8, 4) is 0 Å². The molecule has 0 aliphatic rings. The molecule has 1 N–H and O–H groups in total. The van der Waals surface area contributed by atoms with E-state index in [-0.39, 0.29) is 5.56 Å². The molecule has 100 valence electrons. The van der Waals surface area contributed by atoms with Gasteiger partial charge in [0.05, 0.1) is 17.7 Å². The summed E-state index contributed by atoms with van der Waals surface area (Å²) in [6, 6.07) is 6.08. The third-order valence-corrected chi connectivity index (χ3v) is 3.74. The number of rotatable bonds is 4. The van der Waals surface area contributed by atoms with Crippen LogP contribution in [0.3, 0.4) is 0 Å². The molecule has 3 nitrogen and oxygen atoms in total. The minimum absolute atomic E-state index is 0.0864. The Bertz CT molecular complexity index is 600. The van der Waals surface area contributed by atoms with Gasteiger partial charge in [-0.25, -0.2) is 9.18 Å². The lowest BCUT2D eigenvalue weighted by atomic mass is 10.2. The van der Waals surface area contributed by atoms with Crippen molar-refractivity contribution in [2.24, 2.45) is 0 Å². The van der Waals surface area contributed by atoms with Crippen molar-refractivity contribution in [3.05, 3.63) is 50.9 Å². The van der Waals surface area contributed by atoms with Gasteiger partial charge in [-0.3, -0.25) is 0 Å². The second-order valence-corrected chi connectivity index (χ2v) is 5.20. The van der Waals surface area contributed by atoms with Crippen LogP contribution in [0.5, 0.6) is 0 Å². The van der Waals surface area contributed by atoms with Crippen LogP contribution >= 0.6 is 22.9 Å². The number of nitrogens with one attached hydrogen (secondary N) is 1. The third kappa shape index (κ3) is 3.45. The van der Waals surface area contributed by atoms with Gasteiger partial charge in [-0.05, 0) is 24.3 Å². The molecular formula is C13H11ClFNO2S. The van der Waals surface area contributed by atoms with Crippen LogP contribution in [0.1, 0.15) is 15.2 Å². The molecule has 1 aromatic carbocycles.